The van der Waals surface area contributed by atoms with Crippen LogP contribution < -0.4 is 9.64 Å². The van der Waals surface area contributed by atoms with Crippen LogP contribution in [0.2, 0.25) is 0 Å². The molecular formula is C16H25FNO2P. The maximum absolute atomic E-state index is 13.4. The van der Waals surface area contributed by atoms with E-state index in [0.29, 0.717) is 18.2 Å². The van der Waals surface area contributed by atoms with Gasteiger partial charge in [0.25, 0.3) is 5.60 Å². The molecule has 1 amide bonds. The first-order valence-electron chi connectivity index (χ1n) is 7.28. The second kappa shape index (κ2) is 7.74. The van der Waals surface area contributed by atoms with Gasteiger partial charge >= 0.3 is 0 Å². The summed E-state index contributed by atoms with van der Waals surface area (Å²) in [4.78, 5) is 13.6. The molecule has 0 fully saturated rings. The predicted octanol–water partition coefficient (Wildman–Crippen LogP) is 4.37. The van der Waals surface area contributed by atoms with Gasteiger partial charge in [-0.05, 0) is 36.6 Å². The number of hydrogen-bond acceptors (Lipinski definition) is 2. The highest BCUT2D eigenvalue weighted by molar-refractivity contribution is 7.18. The number of alkyl halides is 1. The molecule has 2 unspecified atom stereocenters. The van der Waals surface area contributed by atoms with Gasteiger partial charge in [0.15, 0.2) is 0 Å². The van der Waals surface area contributed by atoms with E-state index in [1.807, 2.05) is 9.24 Å². The number of halogens is 1. The van der Waals surface area contributed by atoms with Gasteiger partial charge in [0.1, 0.15) is 5.75 Å². The lowest BCUT2D eigenvalue weighted by molar-refractivity contribution is -0.116. The van der Waals surface area contributed by atoms with Gasteiger partial charge in [-0.1, -0.05) is 29.5 Å². The fraction of sp³-hybridized carbons (Fsp3) is 0.562. The van der Waals surface area contributed by atoms with Crippen molar-refractivity contribution in [3.63, 3.8) is 0 Å². The van der Waals surface area contributed by atoms with Crippen LogP contribution in [0.1, 0.15) is 40.5 Å². The van der Waals surface area contributed by atoms with Crippen molar-refractivity contribution < 1.29 is 13.9 Å². The highest BCUT2D eigenvalue weighted by Crippen LogP contribution is 2.27. The molecule has 1 aromatic carbocycles. The maximum Gasteiger partial charge on any atom is 0.256 e. The lowest BCUT2D eigenvalue weighted by Gasteiger charge is -2.25. The van der Waals surface area contributed by atoms with Gasteiger partial charge in [-0.15, -0.1) is 0 Å². The molecule has 21 heavy (non-hydrogen) atoms. The molecule has 0 aromatic heterocycles. The third kappa shape index (κ3) is 6.43. The van der Waals surface area contributed by atoms with Crippen molar-refractivity contribution in [2.24, 2.45) is 5.92 Å². The SMILES string of the molecule is CCC[C@H](C)CN(C(C)=O)c1ccc(OC(C)(F)P)cc1. The zero-order valence-electron chi connectivity index (χ0n) is 13.2. The molecule has 0 aliphatic heterocycles. The van der Waals surface area contributed by atoms with Crippen molar-refractivity contribution in [3.05, 3.63) is 24.3 Å². The Morgan fingerprint density at radius 2 is 2.00 bits per heavy atom. The van der Waals surface area contributed by atoms with E-state index in [1.54, 1.807) is 36.1 Å². The Morgan fingerprint density at radius 3 is 2.43 bits per heavy atom. The average Bonchev–Trinajstić information content (AvgIpc) is 2.35. The zero-order chi connectivity index (χ0) is 16.0. The maximum atomic E-state index is 13.4. The molecule has 0 heterocycles. The van der Waals surface area contributed by atoms with Gasteiger partial charge in [0.05, 0.1) is 0 Å². The monoisotopic (exact) mass is 313 g/mol. The Morgan fingerprint density at radius 1 is 1.43 bits per heavy atom. The highest BCUT2D eigenvalue weighted by atomic mass is 31.0. The number of anilines is 1. The molecule has 3 nitrogen and oxygen atoms in total. The lowest BCUT2D eigenvalue weighted by Crippen LogP contribution is -2.32. The summed E-state index contributed by atoms with van der Waals surface area (Å²) in [7, 11) is 1.99. The smallest absolute Gasteiger partial charge is 0.256 e. The minimum Gasteiger partial charge on any atom is -0.455 e. The Bertz CT molecular complexity index is 456. The van der Waals surface area contributed by atoms with Crippen LogP contribution >= 0.6 is 9.24 Å². The molecule has 0 radical (unpaired) electrons. The third-order valence-electron chi connectivity index (χ3n) is 3.12. The van der Waals surface area contributed by atoms with Gasteiger partial charge in [0, 0.05) is 26.1 Å². The summed E-state index contributed by atoms with van der Waals surface area (Å²) < 4.78 is 18.5. The summed E-state index contributed by atoms with van der Waals surface area (Å²) in [5, 5.41) is 0. The predicted molar refractivity (Wildman–Crippen MR) is 88.4 cm³/mol. The first-order valence-corrected chi connectivity index (χ1v) is 7.85. The number of carbonyl (C=O) groups excluding carboxylic acids is 1. The summed E-state index contributed by atoms with van der Waals surface area (Å²) in [6, 6.07) is 6.92. The van der Waals surface area contributed by atoms with Crippen LogP contribution in [0.3, 0.4) is 0 Å². The molecule has 1 rings (SSSR count). The minimum atomic E-state index is -1.79. The Labute approximate surface area is 129 Å². The van der Waals surface area contributed by atoms with E-state index in [1.165, 1.54) is 6.92 Å². The van der Waals surface area contributed by atoms with E-state index in [-0.39, 0.29) is 5.91 Å². The molecule has 118 valence electrons. The molecule has 0 saturated carbocycles. The van der Waals surface area contributed by atoms with Crippen molar-refractivity contribution in [1.29, 1.82) is 0 Å². The van der Waals surface area contributed by atoms with E-state index in [4.69, 9.17) is 4.74 Å². The minimum absolute atomic E-state index is 0.00741. The highest BCUT2D eigenvalue weighted by Gasteiger charge is 2.18. The van der Waals surface area contributed by atoms with Crippen LogP contribution in [-0.2, 0) is 4.79 Å². The third-order valence-corrected chi connectivity index (χ3v) is 3.24. The van der Waals surface area contributed by atoms with Crippen molar-refractivity contribution in [1.82, 2.24) is 0 Å². The van der Waals surface area contributed by atoms with Gasteiger partial charge in [0.2, 0.25) is 5.91 Å². The first kappa shape index (κ1) is 17.9. The van der Waals surface area contributed by atoms with Crippen LogP contribution in [0.25, 0.3) is 0 Å². The molecule has 5 heteroatoms. The topological polar surface area (TPSA) is 29.5 Å². The van der Waals surface area contributed by atoms with Gasteiger partial charge in [-0.2, -0.15) is 4.39 Å². The number of benzene rings is 1. The van der Waals surface area contributed by atoms with E-state index >= 15 is 0 Å². The summed E-state index contributed by atoms with van der Waals surface area (Å²) in [5.41, 5.74) is -0.987. The molecule has 0 aliphatic rings. The molecular weight excluding hydrogens is 288 g/mol. The second-order valence-corrected chi connectivity index (χ2v) is 6.64. The van der Waals surface area contributed by atoms with Crippen LogP contribution in [-0.4, -0.2) is 18.0 Å². The Balaban J connectivity index is 2.82. The number of rotatable bonds is 7. The molecule has 0 aliphatic carbocycles. The van der Waals surface area contributed by atoms with Gasteiger partial charge < -0.3 is 9.64 Å². The first-order chi connectivity index (χ1) is 9.73. The van der Waals surface area contributed by atoms with Gasteiger partial charge in [-0.3, -0.25) is 4.79 Å². The van der Waals surface area contributed by atoms with E-state index in [2.05, 4.69) is 13.8 Å². The summed E-state index contributed by atoms with van der Waals surface area (Å²) in [6.07, 6.45) is 2.18. The molecule has 1 aromatic rings. The van der Waals surface area contributed by atoms with E-state index in [0.717, 1.165) is 18.5 Å². The summed E-state index contributed by atoms with van der Waals surface area (Å²) in [5.74, 6) is 0.882. The van der Waals surface area contributed by atoms with Crippen LogP contribution in [0.4, 0.5) is 10.1 Å². The molecule has 0 N–H and O–H groups in total. The number of nitrogens with zero attached hydrogens (tertiary/aromatic N) is 1. The Kier molecular flexibility index (Phi) is 6.60. The van der Waals surface area contributed by atoms with E-state index < -0.39 is 5.60 Å². The standard InChI is InChI=1S/C16H25FNO2P/c1-5-6-12(2)11-18(13(3)19)14-7-9-15(10-8-14)20-16(4,17)21/h7-10,12H,5-6,11,21H2,1-4H3/t12-,16?/m0/s1. The molecule has 3 atom stereocenters. The van der Waals surface area contributed by atoms with Gasteiger partial charge in [-0.25, -0.2) is 0 Å². The molecule has 0 saturated heterocycles. The second-order valence-electron chi connectivity index (χ2n) is 5.61. The van der Waals surface area contributed by atoms with Crippen LogP contribution in [0.15, 0.2) is 24.3 Å². The fourth-order valence-electron chi connectivity index (χ4n) is 2.24. The summed E-state index contributed by atoms with van der Waals surface area (Å²) >= 11 is 0. The van der Waals surface area contributed by atoms with Crippen molar-refractivity contribution >= 4 is 20.8 Å². The fourth-order valence-corrected chi connectivity index (χ4v) is 2.37. The number of amides is 1. The quantitative estimate of drug-likeness (QED) is 0.699. The van der Waals surface area contributed by atoms with Crippen molar-refractivity contribution in [2.45, 2.75) is 46.1 Å². The Hall–Kier alpha value is -1.15. The van der Waals surface area contributed by atoms with Crippen LogP contribution in [0, 0.1) is 5.92 Å². The number of carbonyl (C=O) groups is 1. The molecule has 0 bridgehead atoms. The van der Waals surface area contributed by atoms with Crippen LogP contribution in [0.5, 0.6) is 5.75 Å². The number of ether oxygens (including phenoxy) is 1. The lowest BCUT2D eigenvalue weighted by atomic mass is 10.1. The van der Waals surface area contributed by atoms with E-state index in [9.17, 15) is 9.18 Å². The van der Waals surface area contributed by atoms with Crippen molar-refractivity contribution in [2.75, 3.05) is 11.4 Å². The van der Waals surface area contributed by atoms with Crippen molar-refractivity contribution in [3.8, 4) is 5.75 Å². The average molecular weight is 313 g/mol. The summed E-state index contributed by atoms with van der Waals surface area (Å²) in [6.45, 7) is 7.84. The normalized spacial score (nSPS) is 15.1. The number of hydrogen-bond donors (Lipinski definition) is 0. The largest absolute Gasteiger partial charge is 0.455 e. The molecule has 0 spiro atoms. The zero-order valence-corrected chi connectivity index (χ0v) is 14.4.